The molecular weight excluding hydrogens is 272 g/mol. The van der Waals surface area contributed by atoms with Crippen LogP contribution in [0.15, 0.2) is 6.07 Å². The summed E-state index contributed by atoms with van der Waals surface area (Å²) in [4.78, 5) is 19.4. The van der Waals surface area contributed by atoms with Gasteiger partial charge in [0.25, 0.3) is 0 Å². The van der Waals surface area contributed by atoms with Crippen LogP contribution in [-0.4, -0.2) is 48.8 Å². The molecule has 1 fully saturated rings. The van der Waals surface area contributed by atoms with E-state index in [0.717, 1.165) is 0 Å². The van der Waals surface area contributed by atoms with Crippen molar-refractivity contribution in [2.45, 2.75) is 6.92 Å². The fraction of sp³-hybridized carbons (Fsp3) is 0.462. The number of nitriles is 1. The summed E-state index contributed by atoms with van der Waals surface area (Å²) < 4.78 is 4.97. The van der Waals surface area contributed by atoms with Crippen molar-refractivity contribution < 1.29 is 9.53 Å². The molecule has 0 radical (unpaired) electrons. The number of carbonyl (C=O) groups excluding carboxylic acids is 1. The van der Waals surface area contributed by atoms with Gasteiger partial charge in [-0.3, -0.25) is 0 Å². The minimum Gasteiger partial charge on any atom is -0.450 e. The zero-order chi connectivity index (χ0) is 15.4. The van der Waals surface area contributed by atoms with E-state index < -0.39 is 0 Å². The van der Waals surface area contributed by atoms with Gasteiger partial charge in [0.05, 0.1) is 12.3 Å². The van der Waals surface area contributed by atoms with Crippen molar-refractivity contribution in [3.8, 4) is 6.07 Å². The minimum atomic E-state index is -0.322. The molecule has 1 aromatic rings. The molecule has 8 nitrogen and oxygen atoms in total. The van der Waals surface area contributed by atoms with E-state index in [9.17, 15) is 10.1 Å². The van der Waals surface area contributed by atoms with Crippen LogP contribution in [0.4, 0.5) is 22.1 Å². The highest BCUT2D eigenvalue weighted by atomic mass is 16.6. The molecule has 1 aliphatic heterocycles. The number of pyridine rings is 1. The standard InChI is InChI=1S/C13H18N6O2/c1-2-21-13(20)19-5-3-18(4-6-19)12-9(8-14)10(15)7-11(16)17-12/h7H,2-6H2,1H3,(H4,15,16,17). The molecule has 0 saturated carbocycles. The maximum Gasteiger partial charge on any atom is 0.409 e. The second-order valence-corrected chi connectivity index (χ2v) is 4.62. The number of rotatable bonds is 2. The largest absolute Gasteiger partial charge is 0.450 e. The van der Waals surface area contributed by atoms with Gasteiger partial charge in [-0.2, -0.15) is 5.26 Å². The summed E-state index contributed by atoms with van der Waals surface area (Å²) in [5.41, 5.74) is 12.1. The highest BCUT2D eigenvalue weighted by molar-refractivity contribution is 5.71. The number of amides is 1. The molecule has 0 unspecified atom stereocenters. The normalized spacial score (nSPS) is 14.7. The number of hydrogen-bond acceptors (Lipinski definition) is 7. The van der Waals surface area contributed by atoms with Crippen molar-refractivity contribution in [3.05, 3.63) is 11.6 Å². The van der Waals surface area contributed by atoms with Gasteiger partial charge in [0, 0.05) is 32.2 Å². The average Bonchev–Trinajstić information content (AvgIpc) is 2.47. The van der Waals surface area contributed by atoms with Crippen molar-refractivity contribution in [2.24, 2.45) is 0 Å². The lowest BCUT2D eigenvalue weighted by atomic mass is 10.2. The number of nitrogens with zero attached hydrogens (tertiary/aromatic N) is 4. The Morgan fingerprint density at radius 1 is 1.43 bits per heavy atom. The second kappa shape index (κ2) is 6.17. The summed E-state index contributed by atoms with van der Waals surface area (Å²) >= 11 is 0. The smallest absolute Gasteiger partial charge is 0.409 e. The topological polar surface area (TPSA) is 122 Å². The van der Waals surface area contributed by atoms with Gasteiger partial charge in [0.15, 0.2) is 5.82 Å². The van der Waals surface area contributed by atoms with Crippen molar-refractivity contribution >= 4 is 23.4 Å². The summed E-state index contributed by atoms with van der Waals surface area (Å²) in [7, 11) is 0. The number of ether oxygens (including phenoxy) is 1. The highest BCUT2D eigenvalue weighted by Crippen LogP contribution is 2.26. The van der Waals surface area contributed by atoms with Crippen LogP contribution in [0.1, 0.15) is 12.5 Å². The molecule has 1 aromatic heterocycles. The first-order valence-corrected chi connectivity index (χ1v) is 6.69. The fourth-order valence-electron chi connectivity index (χ4n) is 2.23. The predicted octanol–water partition coefficient (Wildman–Crippen LogP) is 0.396. The third-order valence-electron chi connectivity index (χ3n) is 3.27. The van der Waals surface area contributed by atoms with Crippen molar-refractivity contribution in [1.82, 2.24) is 9.88 Å². The number of nitrogen functional groups attached to an aromatic ring is 2. The van der Waals surface area contributed by atoms with Crippen LogP contribution >= 0.6 is 0 Å². The van der Waals surface area contributed by atoms with Gasteiger partial charge in [-0.1, -0.05) is 0 Å². The Morgan fingerprint density at radius 2 is 2.10 bits per heavy atom. The first-order chi connectivity index (χ1) is 10.1. The molecule has 0 bridgehead atoms. The van der Waals surface area contributed by atoms with Gasteiger partial charge in [-0.25, -0.2) is 9.78 Å². The van der Waals surface area contributed by atoms with Crippen LogP contribution in [0.5, 0.6) is 0 Å². The molecule has 1 saturated heterocycles. The molecule has 4 N–H and O–H groups in total. The molecule has 0 spiro atoms. The maximum absolute atomic E-state index is 11.6. The highest BCUT2D eigenvalue weighted by Gasteiger charge is 2.25. The van der Waals surface area contributed by atoms with Gasteiger partial charge in [-0.05, 0) is 6.92 Å². The van der Waals surface area contributed by atoms with E-state index in [-0.39, 0.29) is 11.9 Å². The first-order valence-electron chi connectivity index (χ1n) is 6.69. The molecule has 112 valence electrons. The van der Waals surface area contributed by atoms with Crippen LogP contribution < -0.4 is 16.4 Å². The van der Waals surface area contributed by atoms with Gasteiger partial charge >= 0.3 is 6.09 Å². The molecule has 0 aromatic carbocycles. The Kier molecular flexibility index (Phi) is 4.33. The van der Waals surface area contributed by atoms with Crippen LogP contribution in [-0.2, 0) is 4.74 Å². The van der Waals surface area contributed by atoms with Gasteiger partial charge in [0.2, 0.25) is 0 Å². The quantitative estimate of drug-likeness (QED) is 0.808. The average molecular weight is 290 g/mol. The van der Waals surface area contributed by atoms with E-state index in [4.69, 9.17) is 16.2 Å². The summed E-state index contributed by atoms with van der Waals surface area (Å²) in [6.07, 6.45) is -0.322. The third kappa shape index (κ3) is 3.08. The van der Waals surface area contributed by atoms with Crippen LogP contribution in [0.25, 0.3) is 0 Å². The molecule has 2 heterocycles. The number of anilines is 3. The maximum atomic E-state index is 11.6. The van der Waals surface area contributed by atoms with E-state index in [1.807, 2.05) is 4.90 Å². The zero-order valence-corrected chi connectivity index (χ0v) is 11.9. The lowest BCUT2D eigenvalue weighted by molar-refractivity contribution is 0.105. The van der Waals surface area contributed by atoms with Gasteiger partial charge < -0.3 is 26.0 Å². The van der Waals surface area contributed by atoms with Crippen LogP contribution in [0.2, 0.25) is 0 Å². The Labute approximate surface area is 122 Å². The first kappa shape index (κ1) is 14.7. The SMILES string of the molecule is CCOC(=O)N1CCN(c2nc(N)cc(N)c2C#N)CC1. The van der Waals surface area contributed by atoms with E-state index in [2.05, 4.69) is 11.1 Å². The Bertz CT molecular complexity index is 575. The number of aromatic nitrogens is 1. The molecule has 1 amide bonds. The van der Waals surface area contributed by atoms with Gasteiger partial charge in [-0.15, -0.1) is 0 Å². The zero-order valence-electron chi connectivity index (χ0n) is 11.9. The molecule has 8 heteroatoms. The molecule has 0 aliphatic carbocycles. The second-order valence-electron chi connectivity index (χ2n) is 4.62. The number of nitrogens with two attached hydrogens (primary N) is 2. The fourth-order valence-corrected chi connectivity index (χ4v) is 2.23. The predicted molar refractivity (Wildman–Crippen MR) is 78.6 cm³/mol. The molecule has 2 rings (SSSR count). The minimum absolute atomic E-state index is 0.273. The van der Waals surface area contributed by atoms with E-state index in [0.29, 0.717) is 49.9 Å². The van der Waals surface area contributed by atoms with Crippen molar-refractivity contribution in [1.29, 1.82) is 5.26 Å². The monoisotopic (exact) mass is 290 g/mol. The lowest BCUT2D eigenvalue weighted by Crippen LogP contribution is -2.49. The van der Waals surface area contributed by atoms with Crippen molar-refractivity contribution in [3.63, 3.8) is 0 Å². The van der Waals surface area contributed by atoms with Gasteiger partial charge in [0.1, 0.15) is 17.5 Å². The number of piperazine rings is 1. The summed E-state index contributed by atoms with van der Waals surface area (Å²) in [5, 5.41) is 9.21. The van der Waals surface area contributed by atoms with Crippen LogP contribution in [0, 0.1) is 11.3 Å². The van der Waals surface area contributed by atoms with Crippen LogP contribution in [0.3, 0.4) is 0 Å². The third-order valence-corrected chi connectivity index (χ3v) is 3.27. The number of carbonyl (C=O) groups is 1. The Morgan fingerprint density at radius 3 is 2.67 bits per heavy atom. The Hall–Kier alpha value is -2.69. The molecule has 1 aliphatic rings. The summed E-state index contributed by atoms with van der Waals surface area (Å²) in [6.45, 7) is 4.21. The lowest BCUT2D eigenvalue weighted by Gasteiger charge is -2.35. The molecular formula is C13H18N6O2. The number of hydrogen-bond donors (Lipinski definition) is 2. The molecule has 21 heavy (non-hydrogen) atoms. The summed E-state index contributed by atoms with van der Waals surface area (Å²) in [6, 6.07) is 3.52. The molecule has 0 atom stereocenters. The van der Waals surface area contributed by atoms with E-state index in [1.54, 1.807) is 11.8 Å². The van der Waals surface area contributed by atoms with E-state index in [1.165, 1.54) is 6.07 Å². The van der Waals surface area contributed by atoms with E-state index >= 15 is 0 Å². The Balaban J connectivity index is 2.13. The van der Waals surface area contributed by atoms with Crippen molar-refractivity contribution in [2.75, 3.05) is 49.2 Å². The summed E-state index contributed by atoms with van der Waals surface area (Å²) in [5.74, 6) is 0.743.